The monoisotopic (exact) mass is 387 g/mol. The van der Waals surface area contributed by atoms with Crippen molar-refractivity contribution >= 4 is 27.3 Å². The van der Waals surface area contributed by atoms with Gasteiger partial charge in [-0.2, -0.15) is 0 Å². The molecule has 27 heavy (non-hydrogen) atoms. The summed E-state index contributed by atoms with van der Waals surface area (Å²) < 4.78 is 25.6. The first-order chi connectivity index (χ1) is 12.9. The van der Waals surface area contributed by atoms with E-state index in [0.717, 1.165) is 34.9 Å². The third kappa shape index (κ3) is 5.23. The molecule has 1 N–H and O–H groups in total. The second kappa shape index (κ2) is 8.43. The molecule has 0 unspecified atom stereocenters. The summed E-state index contributed by atoms with van der Waals surface area (Å²) in [6, 6.07) is 16.9. The summed E-state index contributed by atoms with van der Waals surface area (Å²) in [6.45, 7) is 2.17. The van der Waals surface area contributed by atoms with E-state index in [-0.39, 0.29) is 12.5 Å². The quantitative estimate of drug-likeness (QED) is 0.792. The zero-order valence-electron chi connectivity index (χ0n) is 15.5. The number of nitrogens with one attached hydrogen (secondary N) is 1. The first kappa shape index (κ1) is 19.2. The maximum absolute atomic E-state index is 12.3. The number of sulfonamides is 1. The van der Waals surface area contributed by atoms with Crippen LogP contribution in [0.2, 0.25) is 0 Å². The van der Waals surface area contributed by atoms with Gasteiger partial charge in [0.25, 0.3) is 0 Å². The van der Waals surface area contributed by atoms with Crippen LogP contribution < -0.4 is 14.5 Å². The van der Waals surface area contributed by atoms with Gasteiger partial charge in [0.1, 0.15) is 6.54 Å². The molecule has 1 heterocycles. The Labute approximate surface area is 160 Å². The number of hydrogen-bond donors (Lipinski definition) is 1. The summed E-state index contributed by atoms with van der Waals surface area (Å²) in [5.74, 6) is -0.340. The van der Waals surface area contributed by atoms with Gasteiger partial charge in [-0.15, -0.1) is 0 Å². The topological polar surface area (TPSA) is 69.7 Å². The van der Waals surface area contributed by atoms with Crippen molar-refractivity contribution in [1.29, 1.82) is 0 Å². The maximum Gasteiger partial charge on any atom is 0.241 e. The van der Waals surface area contributed by atoms with E-state index in [2.05, 4.69) is 10.2 Å². The fourth-order valence-corrected chi connectivity index (χ4v) is 4.04. The van der Waals surface area contributed by atoms with Crippen LogP contribution in [0.3, 0.4) is 0 Å². The Morgan fingerprint density at radius 3 is 2.26 bits per heavy atom. The molecule has 0 radical (unpaired) electrons. The highest BCUT2D eigenvalue weighted by Gasteiger charge is 2.21. The van der Waals surface area contributed by atoms with Crippen LogP contribution in [0.5, 0.6) is 0 Å². The highest BCUT2D eigenvalue weighted by molar-refractivity contribution is 7.92. The molecule has 0 atom stereocenters. The Kier molecular flexibility index (Phi) is 6.01. The van der Waals surface area contributed by atoms with Gasteiger partial charge in [-0.05, 0) is 42.7 Å². The summed E-state index contributed by atoms with van der Waals surface area (Å²) in [5, 5.41) is 2.77. The Hall–Kier alpha value is -2.54. The molecule has 1 aliphatic rings. The number of carbonyl (C=O) groups is 1. The van der Waals surface area contributed by atoms with Crippen molar-refractivity contribution in [2.45, 2.75) is 19.4 Å². The SMILES string of the molecule is CS(=O)(=O)N(CC(=O)NCc1ccccc1)c1ccc(N2CCCC2)cc1. The zero-order valence-corrected chi connectivity index (χ0v) is 16.3. The number of amides is 1. The van der Waals surface area contributed by atoms with E-state index < -0.39 is 10.0 Å². The highest BCUT2D eigenvalue weighted by Crippen LogP contribution is 2.25. The van der Waals surface area contributed by atoms with Crippen LogP contribution in [0.15, 0.2) is 54.6 Å². The van der Waals surface area contributed by atoms with Crippen LogP contribution in [0.25, 0.3) is 0 Å². The van der Waals surface area contributed by atoms with Crippen molar-refractivity contribution in [2.24, 2.45) is 0 Å². The van der Waals surface area contributed by atoms with Gasteiger partial charge < -0.3 is 10.2 Å². The van der Waals surface area contributed by atoms with Crippen molar-refractivity contribution < 1.29 is 13.2 Å². The normalized spacial score (nSPS) is 14.2. The van der Waals surface area contributed by atoms with Gasteiger partial charge in [-0.25, -0.2) is 8.42 Å². The molecule has 1 aliphatic heterocycles. The molecule has 2 aromatic carbocycles. The van der Waals surface area contributed by atoms with E-state index in [1.807, 2.05) is 42.5 Å². The summed E-state index contributed by atoms with van der Waals surface area (Å²) in [4.78, 5) is 14.6. The van der Waals surface area contributed by atoms with Gasteiger partial charge in [0, 0.05) is 25.3 Å². The van der Waals surface area contributed by atoms with E-state index in [1.54, 1.807) is 12.1 Å². The molecule has 1 fully saturated rings. The summed E-state index contributed by atoms with van der Waals surface area (Å²) >= 11 is 0. The number of rotatable bonds is 7. The molecule has 0 aliphatic carbocycles. The van der Waals surface area contributed by atoms with Crippen molar-refractivity contribution in [3.05, 3.63) is 60.2 Å². The first-order valence-corrected chi connectivity index (χ1v) is 10.9. The number of hydrogen-bond acceptors (Lipinski definition) is 4. The molecule has 1 amide bonds. The Balaban J connectivity index is 1.67. The fourth-order valence-electron chi connectivity index (χ4n) is 3.19. The molecule has 0 saturated carbocycles. The van der Waals surface area contributed by atoms with E-state index in [0.29, 0.717) is 12.2 Å². The lowest BCUT2D eigenvalue weighted by Crippen LogP contribution is -2.40. The predicted octanol–water partition coefficient (Wildman–Crippen LogP) is 2.37. The Morgan fingerprint density at radius 2 is 1.67 bits per heavy atom. The summed E-state index contributed by atoms with van der Waals surface area (Å²) in [6.07, 6.45) is 3.48. The van der Waals surface area contributed by atoms with Crippen molar-refractivity contribution in [2.75, 3.05) is 35.1 Å². The van der Waals surface area contributed by atoms with Crippen LogP contribution in [-0.2, 0) is 21.4 Å². The second-order valence-electron chi connectivity index (χ2n) is 6.74. The lowest BCUT2D eigenvalue weighted by Gasteiger charge is -2.23. The maximum atomic E-state index is 12.3. The summed E-state index contributed by atoms with van der Waals surface area (Å²) in [7, 11) is -3.57. The lowest BCUT2D eigenvalue weighted by atomic mass is 10.2. The second-order valence-corrected chi connectivity index (χ2v) is 8.65. The largest absolute Gasteiger partial charge is 0.372 e. The van der Waals surface area contributed by atoms with Crippen LogP contribution in [0, 0.1) is 0 Å². The van der Waals surface area contributed by atoms with Crippen molar-refractivity contribution in [1.82, 2.24) is 5.32 Å². The number of benzene rings is 2. The highest BCUT2D eigenvalue weighted by atomic mass is 32.2. The Bertz CT molecular complexity index is 861. The van der Waals surface area contributed by atoms with Gasteiger partial charge in [0.15, 0.2) is 0 Å². The molecule has 0 spiro atoms. The van der Waals surface area contributed by atoms with Crippen molar-refractivity contribution in [3.63, 3.8) is 0 Å². The van der Waals surface area contributed by atoms with E-state index in [1.165, 1.54) is 12.8 Å². The number of carbonyl (C=O) groups excluding carboxylic acids is 1. The third-order valence-electron chi connectivity index (χ3n) is 4.63. The van der Waals surface area contributed by atoms with Gasteiger partial charge >= 0.3 is 0 Å². The standard InChI is InChI=1S/C20H25N3O3S/c1-27(25,26)23(16-20(24)21-15-17-7-3-2-4-8-17)19-11-9-18(10-12-19)22-13-5-6-14-22/h2-4,7-12H,5-6,13-16H2,1H3,(H,21,24). The molecule has 0 bridgehead atoms. The van der Waals surface area contributed by atoms with E-state index in [9.17, 15) is 13.2 Å². The zero-order chi connectivity index (χ0) is 19.3. The summed E-state index contributed by atoms with van der Waals surface area (Å²) in [5.41, 5.74) is 2.54. The molecule has 2 aromatic rings. The molecule has 1 saturated heterocycles. The molecule has 0 aromatic heterocycles. The van der Waals surface area contributed by atoms with E-state index >= 15 is 0 Å². The van der Waals surface area contributed by atoms with Crippen LogP contribution in [0.4, 0.5) is 11.4 Å². The molecular weight excluding hydrogens is 362 g/mol. The molecule has 144 valence electrons. The fraction of sp³-hybridized carbons (Fsp3) is 0.350. The van der Waals surface area contributed by atoms with Gasteiger partial charge in [-0.1, -0.05) is 30.3 Å². The van der Waals surface area contributed by atoms with Crippen LogP contribution >= 0.6 is 0 Å². The lowest BCUT2D eigenvalue weighted by molar-refractivity contribution is -0.119. The minimum Gasteiger partial charge on any atom is -0.372 e. The van der Waals surface area contributed by atoms with Gasteiger partial charge in [0.2, 0.25) is 15.9 Å². The third-order valence-corrected chi connectivity index (χ3v) is 5.77. The molecule has 6 nitrogen and oxygen atoms in total. The minimum atomic E-state index is -3.57. The predicted molar refractivity (Wildman–Crippen MR) is 108 cm³/mol. The molecular formula is C20H25N3O3S. The van der Waals surface area contributed by atoms with E-state index in [4.69, 9.17) is 0 Å². The van der Waals surface area contributed by atoms with Crippen LogP contribution in [0.1, 0.15) is 18.4 Å². The smallest absolute Gasteiger partial charge is 0.241 e. The first-order valence-electron chi connectivity index (χ1n) is 9.07. The number of anilines is 2. The average molecular weight is 388 g/mol. The minimum absolute atomic E-state index is 0.241. The Morgan fingerprint density at radius 1 is 1.04 bits per heavy atom. The van der Waals surface area contributed by atoms with Gasteiger partial charge in [-0.3, -0.25) is 9.10 Å². The molecule has 3 rings (SSSR count). The van der Waals surface area contributed by atoms with Crippen LogP contribution in [-0.4, -0.2) is 40.2 Å². The number of nitrogens with zero attached hydrogens (tertiary/aromatic N) is 2. The van der Waals surface area contributed by atoms with Crippen molar-refractivity contribution in [3.8, 4) is 0 Å². The molecule has 7 heteroatoms. The average Bonchev–Trinajstić information content (AvgIpc) is 3.19. The van der Waals surface area contributed by atoms with Gasteiger partial charge in [0.05, 0.1) is 11.9 Å².